The highest BCUT2D eigenvalue weighted by Crippen LogP contribution is 2.18. The van der Waals surface area contributed by atoms with Crippen LogP contribution in [-0.2, 0) is 6.54 Å². The third-order valence-electron chi connectivity index (χ3n) is 3.22. The van der Waals surface area contributed by atoms with Gasteiger partial charge in [0, 0.05) is 22.9 Å². The van der Waals surface area contributed by atoms with Crippen molar-refractivity contribution < 1.29 is 4.79 Å². The molecule has 1 heterocycles. The second-order valence-electron chi connectivity index (χ2n) is 4.69. The smallest absolute Gasteiger partial charge is 0.268 e. The average molecular weight is 336 g/mol. The molecular formula is C15H18BrN3O. The Bertz CT molecular complexity index is 604. The van der Waals surface area contributed by atoms with Gasteiger partial charge in [-0.05, 0) is 53.5 Å². The van der Waals surface area contributed by atoms with Gasteiger partial charge < -0.3 is 15.6 Å². The molecule has 1 unspecified atom stereocenters. The van der Waals surface area contributed by atoms with Crippen LogP contribution in [0.1, 0.15) is 35.9 Å². The summed E-state index contributed by atoms with van der Waals surface area (Å²) < 4.78 is 2.82. The summed E-state index contributed by atoms with van der Waals surface area (Å²) in [5.74, 6) is -0.0816. The normalized spacial score (nSPS) is 12.2. The van der Waals surface area contributed by atoms with Gasteiger partial charge in [-0.3, -0.25) is 4.79 Å². The molecule has 20 heavy (non-hydrogen) atoms. The first-order valence-electron chi connectivity index (χ1n) is 6.53. The van der Waals surface area contributed by atoms with Crippen LogP contribution in [0.5, 0.6) is 0 Å². The Morgan fingerprint density at radius 3 is 2.65 bits per heavy atom. The highest BCUT2D eigenvalue weighted by molar-refractivity contribution is 9.10. The van der Waals surface area contributed by atoms with Crippen molar-refractivity contribution in [2.24, 2.45) is 0 Å². The molecule has 1 atom stereocenters. The maximum Gasteiger partial charge on any atom is 0.268 e. The number of anilines is 1. The van der Waals surface area contributed by atoms with Crippen molar-refractivity contribution in [1.82, 2.24) is 9.88 Å². The molecule has 0 radical (unpaired) electrons. The minimum absolute atomic E-state index is 0.0675. The van der Waals surface area contributed by atoms with Crippen LogP contribution in [0.15, 0.2) is 41.0 Å². The number of nitrogens with two attached hydrogens (primary N) is 1. The van der Waals surface area contributed by atoms with Gasteiger partial charge in [0.2, 0.25) is 0 Å². The molecule has 5 heteroatoms. The molecule has 1 aromatic carbocycles. The predicted molar refractivity (Wildman–Crippen MR) is 84.5 cm³/mol. The van der Waals surface area contributed by atoms with Crippen LogP contribution >= 0.6 is 15.9 Å². The Balaban J connectivity index is 2.12. The van der Waals surface area contributed by atoms with Gasteiger partial charge in [0.25, 0.3) is 5.91 Å². The minimum Gasteiger partial charge on any atom is -0.399 e. The molecule has 0 saturated carbocycles. The van der Waals surface area contributed by atoms with Crippen LogP contribution in [0.4, 0.5) is 5.69 Å². The Morgan fingerprint density at radius 1 is 1.40 bits per heavy atom. The maximum atomic E-state index is 12.3. The molecule has 0 fully saturated rings. The number of benzene rings is 1. The number of aromatic nitrogens is 1. The zero-order chi connectivity index (χ0) is 14.7. The summed E-state index contributed by atoms with van der Waals surface area (Å²) in [6.45, 7) is 4.72. The Labute approximate surface area is 127 Å². The summed E-state index contributed by atoms with van der Waals surface area (Å²) in [5.41, 5.74) is 8.07. The van der Waals surface area contributed by atoms with E-state index in [1.165, 1.54) is 0 Å². The van der Waals surface area contributed by atoms with Gasteiger partial charge in [-0.1, -0.05) is 12.1 Å². The first-order chi connectivity index (χ1) is 9.51. The summed E-state index contributed by atoms with van der Waals surface area (Å²) in [6, 6.07) is 9.28. The molecule has 0 aliphatic rings. The lowest BCUT2D eigenvalue weighted by Crippen LogP contribution is -2.28. The van der Waals surface area contributed by atoms with Gasteiger partial charge in [0.1, 0.15) is 5.69 Å². The summed E-state index contributed by atoms with van der Waals surface area (Å²) in [4.78, 5) is 12.3. The van der Waals surface area contributed by atoms with Gasteiger partial charge >= 0.3 is 0 Å². The van der Waals surface area contributed by atoms with E-state index in [-0.39, 0.29) is 11.9 Å². The standard InChI is InChI=1S/C15H18BrN3O/c1-3-19-9-12(16)8-14(19)15(20)18-10(2)11-4-6-13(17)7-5-11/h4-10H,3,17H2,1-2H3,(H,18,20). The highest BCUT2D eigenvalue weighted by atomic mass is 79.9. The van der Waals surface area contributed by atoms with E-state index < -0.39 is 0 Å². The molecule has 2 rings (SSSR count). The van der Waals surface area contributed by atoms with E-state index in [1.807, 2.05) is 54.9 Å². The number of hydrogen-bond acceptors (Lipinski definition) is 2. The highest BCUT2D eigenvalue weighted by Gasteiger charge is 2.15. The predicted octanol–water partition coefficient (Wildman–Crippen LogP) is 3.34. The topological polar surface area (TPSA) is 60.0 Å². The second kappa shape index (κ2) is 6.13. The first kappa shape index (κ1) is 14.7. The van der Waals surface area contributed by atoms with E-state index in [2.05, 4.69) is 21.2 Å². The number of carbonyl (C=O) groups is 1. The fraction of sp³-hybridized carbons (Fsp3) is 0.267. The van der Waals surface area contributed by atoms with Crippen molar-refractivity contribution in [1.29, 1.82) is 0 Å². The van der Waals surface area contributed by atoms with Gasteiger partial charge in [-0.2, -0.15) is 0 Å². The Morgan fingerprint density at radius 2 is 2.05 bits per heavy atom. The van der Waals surface area contributed by atoms with E-state index in [9.17, 15) is 4.79 Å². The monoisotopic (exact) mass is 335 g/mol. The molecule has 0 aliphatic heterocycles. The van der Waals surface area contributed by atoms with Crippen LogP contribution in [0, 0.1) is 0 Å². The molecule has 2 aromatic rings. The van der Waals surface area contributed by atoms with Gasteiger partial charge in [-0.15, -0.1) is 0 Å². The summed E-state index contributed by atoms with van der Waals surface area (Å²) in [5, 5.41) is 3.00. The first-order valence-corrected chi connectivity index (χ1v) is 7.32. The molecule has 1 amide bonds. The number of aryl methyl sites for hydroxylation is 1. The Hall–Kier alpha value is -1.75. The average Bonchev–Trinajstić information content (AvgIpc) is 2.80. The third-order valence-corrected chi connectivity index (χ3v) is 3.65. The number of rotatable bonds is 4. The number of halogens is 1. The number of nitrogens with zero attached hydrogens (tertiary/aromatic N) is 1. The molecule has 0 bridgehead atoms. The van der Waals surface area contributed by atoms with Crippen LogP contribution in [0.2, 0.25) is 0 Å². The van der Waals surface area contributed by atoms with Gasteiger partial charge in [0.15, 0.2) is 0 Å². The van der Waals surface area contributed by atoms with Crippen LogP contribution in [0.25, 0.3) is 0 Å². The van der Waals surface area contributed by atoms with Crippen LogP contribution in [-0.4, -0.2) is 10.5 Å². The maximum absolute atomic E-state index is 12.3. The number of nitrogen functional groups attached to an aromatic ring is 1. The minimum atomic E-state index is -0.0816. The fourth-order valence-corrected chi connectivity index (χ4v) is 2.53. The quantitative estimate of drug-likeness (QED) is 0.841. The zero-order valence-corrected chi connectivity index (χ0v) is 13.1. The molecule has 0 saturated heterocycles. The number of nitrogens with one attached hydrogen (secondary N) is 1. The molecule has 0 spiro atoms. The third kappa shape index (κ3) is 3.22. The Kier molecular flexibility index (Phi) is 4.49. The SMILES string of the molecule is CCn1cc(Br)cc1C(=O)NC(C)c1ccc(N)cc1. The lowest BCUT2D eigenvalue weighted by molar-refractivity contribution is 0.0930. The summed E-state index contributed by atoms with van der Waals surface area (Å²) in [7, 11) is 0. The fourth-order valence-electron chi connectivity index (χ4n) is 2.07. The number of carbonyl (C=O) groups excluding carboxylic acids is 1. The molecule has 3 N–H and O–H groups in total. The van der Waals surface area contributed by atoms with Crippen LogP contribution in [0.3, 0.4) is 0 Å². The largest absolute Gasteiger partial charge is 0.399 e. The van der Waals surface area contributed by atoms with Crippen molar-refractivity contribution >= 4 is 27.5 Å². The summed E-state index contributed by atoms with van der Waals surface area (Å²) in [6.07, 6.45) is 1.91. The van der Waals surface area contributed by atoms with E-state index in [0.29, 0.717) is 5.69 Å². The molecule has 4 nitrogen and oxygen atoms in total. The number of amides is 1. The van der Waals surface area contributed by atoms with Gasteiger partial charge in [0.05, 0.1) is 6.04 Å². The molecular weight excluding hydrogens is 318 g/mol. The van der Waals surface area contributed by atoms with Crippen LogP contribution < -0.4 is 11.1 Å². The lowest BCUT2D eigenvalue weighted by Gasteiger charge is -2.15. The van der Waals surface area contributed by atoms with E-state index in [4.69, 9.17) is 5.73 Å². The van der Waals surface area contributed by atoms with Gasteiger partial charge in [-0.25, -0.2) is 0 Å². The molecule has 106 valence electrons. The van der Waals surface area contributed by atoms with Crippen molar-refractivity contribution in [2.45, 2.75) is 26.4 Å². The van der Waals surface area contributed by atoms with Crippen molar-refractivity contribution in [3.05, 3.63) is 52.3 Å². The van der Waals surface area contributed by atoms with E-state index >= 15 is 0 Å². The molecule has 1 aromatic heterocycles. The van der Waals surface area contributed by atoms with E-state index in [1.54, 1.807) is 0 Å². The zero-order valence-electron chi connectivity index (χ0n) is 11.6. The van der Waals surface area contributed by atoms with Crippen molar-refractivity contribution in [3.63, 3.8) is 0 Å². The van der Waals surface area contributed by atoms with Crippen molar-refractivity contribution in [3.8, 4) is 0 Å². The number of hydrogen-bond donors (Lipinski definition) is 2. The van der Waals surface area contributed by atoms with E-state index in [0.717, 1.165) is 22.3 Å². The molecule has 0 aliphatic carbocycles. The van der Waals surface area contributed by atoms with Crippen molar-refractivity contribution in [2.75, 3.05) is 5.73 Å². The lowest BCUT2D eigenvalue weighted by atomic mass is 10.1. The summed E-state index contributed by atoms with van der Waals surface area (Å²) >= 11 is 3.40. The second-order valence-corrected chi connectivity index (χ2v) is 5.61.